The van der Waals surface area contributed by atoms with Crippen molar-refractivity contribution in [2.24, 2.45) is 5.92 Å². The van der Waals surface area contributed by atoms with Crippen molar-refractivity contribution in [2.75, 3.05) is 6.54 Å². The van der Waals surface area contributed by atoms with E-state index in [1.165, 1.54) is 6.92 Å². The molecule has 19 heavy (non-hydrogen) atoms. The van der Waals surface area contributed by atoms with Crippen LogP contribution >= 0.6 is 0 Å². The zero-order valence-electron chi connectivity index (χ0n) is 9.99. The Morgan fingerprint density at radius 3 is 2.32 bits per heavy atom. The number of imide groups is 2. The highest BCUT2D eigenvalue weighted by atomic mass is 16.7. The third kappa shape index (κ3) is 2.37. The lowest BCUT2D eigenvalue weighted by Crippen LogP contribution is -2.40. The Bertz CT molecular complexity index is 505. The van der Waals surface area contributed by atoms with Gasteiger partial charge in [-0.25, -0.2) is 4.79 Å². The molecule has 0 radical (unpaired) electrons. The number of hydroxylamine groups is 2. The fourth-order valence-corrected chi connectivity index (χ4v) is 1.70. The maximum absolute atomic E-state index is 11.5. The second-order valence-corrected chi connectivity index (χ2v) is 4.19. The molecule has 0 aliphatic carbocycles. The van der Waals surface area contributed by atoms with E-state index in [1.54, 1.807) is 0 Å². The first-order chi connectivity index (χ1) is 8.90. The van der Waals surface area contributed by atoms with Gasteiger partial charge in [0.2, 0.25) is 0 Å². The average Bonchev–Trinajstić information content (AvgIpc) is 2.77. The standard InChI is InChI=1S/C11H10N2O6/c1-6-4-9(16)13(11(6)18)19-10(17)5-12-7(14)2-3-8(12)15/h2-3,6H,4-5H2,1H3. The van der Waals surface area contributed by atoms with Crippen LogP contribution < -0.4 is 0 Å². The van der Waals surface area contributed by atoms with Crippen LogP contribution in [0, 0.1) is 5.92 Å². The molecule has 2 aliphatic heterocycles. The molecule has 8 nitrogen and oxygen atoms in total. The third-order valence-electron chi connectivity index (χ3n) is 2.71. The van der Waals surface area contributed by atoms with Crippen molar-refractivity contribution in [3.63, 3.8) is 0 Å². The van der Waals surface area contributed by atoms with Gasteiger partial charge in [-0.3, -0.25) is 24.1 Å². The van der Waals surface area contributed by atoms with Gasteiger partial charge in [0.25, 0.3) is 23.6 Å². The second-order valence-electron chi connectivity index (χ2n) is 4.19. The summed E-state index contributed by atoms with van der Waals surface area (Å²) in [5.41, 5.74) is 0. The maximum Gasteiger partial charge on any atom is 0.352 e. The molecule has 4 amide bonds. The minimum absolute atomic E-state index is 0.0325. The molecule has 0 saturated carbocycles. The highest BCUT2D eigenvalue weighted by molar-refractivity contribution is 6.14. The molecule has 8 heteroatoms. The Hall–Kier alpha value is -2.51. The van der Waals surface area contributed by atoms with Crippen molar-refractivity contribution in [2.45, 2.75) is 13.3 Å². The van der Waals surface area contributed by atoms with Gasteiger partial charge >= 0.3 is 5.97 Å². The van der Waals surface area contributed by atoms with E-state index < -0.39 is 42.1 Å². The summed E-state index contributed by atoms with van der Waals surface area (Å²) in [6.07, 6.45) is 2.00. The molecule has 0 aromatic carbocycles. The fraction of sp³-hybridized carbons (Fsp3) is 0.364. The SMILES string of the molecule is CC1CC(=O)N(OC(=O)CN2C(=O)C=CC2=O)C1=O. The minimum atomic E-state index is -1.03. The monoisotopic (exact) mass is 266 g/mol. The first-order valence-corrected chi connectivity index (χ1v) is 5.51. The molecule has 0 aromatic rings. The molecule has 2 heterocycles. The van der Waals surface area contributed by atoms with E-state index in [2.05, 4.69) is 4.84 Å². The summed E-state index contributed by atoms with van der Waals surface area (Å²) in [5.74, 6) is -4.10. The first-order valence-electron chi connectivity index (χ1n) is 5.51. The lowest BCUT2D eigenvalue weighted by atomic mass is 10.1. The third-order valence-corrected chi connectivity index (χ3v) is 2.71. The van der Waals surface area contributed by atoms with Gasteiger partial charge in [0, 0.05) is 24.5 Å². The van der Waals surface area contributed by atoms with Crippen LogP contribution in [0.3, 0.4) is 0 Å². The smallest absolute Gasteiger partial charge is 0.328 e. The Balaban J connectivity index is 1.95. The highest BCUT2D eigenvalue weighted by Crippen LogP contribution is 2.19. The van der Waals surface area contributed by atoms with E-state index in [0.29, 0.717) is 9.96 Å². The van der Waals surface area contributed by atoms with Gasteiger partial charge in [-0.05, 0) is 0 Å². The number of nitrogens with zero attached hydrogens (tertiary/aromatic N) is 2. The van der Waals surface area contributed by atoms with Crippen LogP contribution in [0.5, 0.6) is 0 Å². The molecule has 1 fully saturated rings. The van der Waals surface area contributed by atoms with Gasteiger partial charge in [-0.15, -0.1) is 5.06 Å². The largest absolute Gasteiger partial charge is 0.352 e. The normalized spacial score (nSPS) is 22.7. The maximum atomic E-state index is 11.5. The van der Waals surface area contributed by atoms with Crippen LogP contribution in [0.4, 0.5) is 0 Å². The number of rotatable bonds is 3. The summed E-state index contributed by atoms with van der Waals surface area (Å²) >= 11 is 0. The zero-order valence-corrected chi connectivity index (χ0v) is 9.99. The van der Waals surface area contributed by atoms with E-state index in [9.17, 15) is 24.0 Å². The van der Waals surface area contributed by atoms with Crippen molar-refractivity contribution in [3.05, 3.63) is 12.2 Å². The van der Waals surface area contributed by atoms with Crippen molar-refractivity contribution in [3.8, 4) is 0 Å². The zero-order chi connectivity index (χ0) is 14.2. The molecule has 1 saturated heterocycles. The van der Waals surface area contributed by atoms with Gasteiger partial charge in [0.1, 0.15) is 6.54 Å². The molecule has 100 valence electrons. The molecule has 2 aliphatic rings. The number of hydrogen-bond acceptors (Lipinski definition) is 6. The summed E-state index contributed by atoms with van der Waals surface area (Å²) < 4.78 is 0. The molecule has 1 atom stereocenters. The van der Waals surface area contributed by atoms with Gasteiger partial charge in [-0.2, -0.15) is 0 Å². The molecule has 0 spiro atoms. The van der Waals surface area contributed by atoms with Gasteiger partial charge in [0.05, 0.1) is 0 Å². The van der Waals surface area contributed by atoms with Crippen LogP contribution in [0.1, 0.15) is 13.3 Å². The molecule has 0 aromatic heterocycles. The van der Waals surface area contributed by atoms with Crippen molar-refractivity contribution in [1.82, 2.24) is 9.96 Å². The predicted octanol–water partition coefficient (Wildman–Crippen LogP) is -1.24. The Morgan fingerprint density at radius 1 is 1.26 bits per heavy atom. The van der Waals surface area contributed by atoms with Crippen LogP contribution in [0.25, 0.3) is 0 Å². The molecular formula is C11H10N2O6. The van der Waals surface area contributed by atoms with Gasteiger partial charge in [0.15, 0.2) is 0 Å². The van der Waals surface area contributed by atoms with Gasteiger partial charge in [-0.1, -0.05) is 6.92 Å². The van der Waals surface area contributed by atoms with E-state index in [4.69, 9.17) is 0 Å². The minimum Gasteiger partial charge on any atom is -0.328 e. The molecule has 0 N–H and O–H groups in total. The van der Waals surface area contributed by atoms with Gasteiger partial charge < -0.3 is 4.84 Å². The van der Waals surface area contributed by atoms with Crippen LogP contribution in [-0.4, -0.2) is 46.1 Å². The van der Waals surface area contributed by atoms with Crippen molar-refractivity contribution in [1.29, 1.82) is 0 Å². The first kappa shape index (κ1) is 12.9. The molecule has 2 rings (SSSR count). The van der Waals surface area contributed by atoms with Crippen LogP contribution in [-0.2, 0) is 28.8 Å². The van der Waals surface area contributed by atoms with E-state index in [-0.39, 0.29) is 6.42 Å². The summed E-state index contributed by atoms with van der Waals surface area (Å²) in [6.45, 7) is 0.890. The van der Waals surface area contributed by atoms with Crippen molar-refractivity contribution < 1.29 is 28.8 Å². The number of amides is 4. The second kappa shape index (κ2) is 4.63. The van der Waals surface area contributed by atoms with E-state index in [0.717, 1.165) is 12.2 Å². The number of hydrogen-bond donors (Lipinski definition) is 0. The quantitative estimate of drug-likeness (QED) is 0.592. The predicted molar refractivity (Wildman–Crippen MR) is 57.6 cm³/mol. The average molecular weight is 266 g/mol. The summed E-state index contributed by atoms with van der Waals surface area (Å²) in [6, 6.07) is 0. The Kier molecular flexibility index (Phi) is 3.16. The fourth-order valence-electron chi connectivity index (χ4n) is 1.70. The topological polar surface area (TPSA) is 101 Å². The van der Waals surface area contributed by atoms with E-state index in [1.807, 2.05) is 0 Å². The van der Waals surface area contributed by atoms with Crippen LogP contribution in [0.15, 0.2) is 12.2 Å². The molecular weight excluding hydrogens is 256 g/mol. The summed E-state index contributed by atoms with van der Waals surface area (Å²) in [4.78, 5) is 62.0. The summed E-state index contributed by atoms with van der Waals surface area (Å²) in [5, 5.41) is 0.380. The Morgan fingerprint density at radius 2 is 1.84 bits per heavy atom. The Labute approximate surface area is 107 Å². The molecule has 1 unspecified atom stereocenters. The highest BCUT2D eigenvalue weighted by Gasteiger charge is 2.39. The van der Waals surface area contributed by atoms with E-state index >= 15 is 0 Å². The number of carbonyl (C=O) groups excluding carboxylic acids is 5. The van der Waals surface area contributed by atoms with Crippen LogP contribution in [0.2, 0.25) is 0 Å². The summed E-state index contributed by atoms with van der Waals surface area (Å²) in [7, 11) is 0. The molecule has 0 bridgehead atoms. The van der Waals surface area contributed by atoms with Crippen molar-refractivity contribution >= 4 is 29.6 Å². The lowest BCUT2D eigenvalue weighted by molar-refractivity contribution is -0.198. The lowest BCUT2D eigenvalue weighted by Gasteiger charge is -2.16. The number of carbonyl (C=O) groups is 5.